The maximum Gasteiger partial charge on any atom is 0.419 e. The molecule has 1 N–H and O–H groups in total. The largest absolute Gasteiger partial charge is 0.419 e. The van der Waals surface area contributed by atoms with Crippen molar-refractivity contribution in [3.8, 4) is 5.69 Å². The molecule has 0 spiro atoms. The Bertz CT molecular complexity index is 1470. The van der Waals surface area contributed by atoms with E-state index in [1.54, 1.807) is 13.0 Å². The maximum absolute atomic E-state index is 12.5. The van der Waals surface area contributed by atoms with Crippen molar-refractivity contribution in [2.75, 3.05) is 5.32 Å². The second-order valence-electron chi connectivity index (χ2n) is 7.44. The van der Waals surface area contributed by atoms with Crippen molar-refractivity contribution in [1.29, 1.82) is 0 Å². The van der Waals surface area contributed by atoms with Crippen molar-refractivity contribution in [1.82, 2.24) is 14.3 Å². The standard InChI is InChI=1S/C21H18N6O7/c1-13-11-19(25(23-13)14-4-6-15(7-5-14)26(30)31)22-20(28)3-2-10-24-17-9-8-16(27(32)33)12-18(17)34-21(24)29/h4-9,11-12H,2-3,10H2,1H3,(H,22,28). The Labute approximate surface area is 190 Å². The minimum absolute atomic E-state index is 0.0603. The number of nitro benzene ring substituents is 2. The van der Waals surface area contributed by atoms with Gasteiger partial charge in [0.25, 0.3) is 11.4 Å². The van der Waals surface area contributed by atoms with Crippen LogP contribution in [0.5, 0.6) is 0 Å². The van der Waals surface area contributed by atoms with Crippen LogP contribution in [0.1, 0.15) is 18.5 Å². The number of anilines is 1. The lowest BCUT2D eigenvalue weighted by molar-refractivity contribution is -0.385. The minimum Gasteiger partial charge on any atom is -0.407 e. The van der Waals surface area contributed by atoms with E-state index in [4.69, 9.17) is 4.42 Å². The Morgan fingerprint density at radius 2 is 1.74 bits per heavy atom. The van der Waals surface area contributed by atoms with Crippen LogP contribution in [-0.4, -0.2) is 30.1 Å². The quantitative estimate of drug-likeness (QED) is 0.304. The molecule has 0 aliphatic heterocycles. The normalized spacial score (nSPS) is 11.0. The van der Waals surface area contributed by atoms with E-state index < -0.39 is 15.6 Å². The number of nitrogens with zero attached hydrogens (tertiary/aromatic N) is 5. The summed E-state index contributed by atoms with van der Waals surface area (Å²) in [6.45, 7) is 1.93. The Morgan fingerprint density at radius 3 is 2.41 bits per heavy atom. The van der Waals surface area contributed by atoms with Crippen LogP contribution >= 0.6 is 0 Å². The molecule has 0 bridgehead atoms. The Morgan fingerprint density at radius 1 is 1.06 bits per heavy atom. The van der Waals surface area contributed by atoms with Crippen LogP contribution < -0.4 is 11.1 Å². The smallest absolute Gasteiger partial charge is 0.407 e. The second kappa shape index (κ2) is 8.97. The molecule has 0 fully saturated rings. The number of oxazole rings is 1. The minimum atomic E-state index is -0.664. The number of fused-ring (bicyclic) bond motifs is 1. The molecule has 2 aromatic heterocycles. The predicted molar refractivity (Wildman–Crippen MR) is 120 cm³/mol. The molecule has 2 heterocycles. The number of benzene rings is 2. The predicted octanol–water partition coefficient (Wildman–Crippen LogP) is 3.32. The SMILES string of the molecule is Cc1cc(NC(=O)CCCn2c(=O)oc3cc([N+](=O)[O-])ccc32)n(-c2ccc([N+](=O)[O-])cc2)n1. The molecule has 13 heteroatoms. The molecule has 0 unspecified atom stereocenters. The highest BCUT2D eigenvalue weighted by atomic mass is 16.6. The number of aryl methyl sites for hydroxylation is 2. The summed E-state index contributed by atoms with van der Waals surface area (Å²) < 4.78 is 7.87. The first-order chi connectivity index (χ1) is 16.2. The molecule has 4 rings (SSSR count). The van der Waals surface area contributed by atoms with E-state index >= 15 is 0 Å². The van der Waals surface area contributed by atoms with E-state index in [9.17, 15) is 29.8 Å². The molecule has 174 valence electrons. The third-order valence-electron chi connectivity index (χ3n) is 5.05. The van der Waals surface area contributed by atoms with Gasteiger partial charge in [-0.25, -0.2) is 9.48 Å². The number of nitro groups is 2. The van der Waals surface area contributed by atoms with E-state index in [-0.39, 0.29) is 35.8 Å². The van der Waals surface area contributed by atoms with E-state index in [0.29, 0.717) is 29.1 Å². The summed E-state index contributed by atoms with van der Waals surface area (Å²) >= 11 is 0. The van der Waals surface area contributed by atoms with Gasteiger partial charge >= 0.3 is 5.76 Å². The number of nitrogens with one attached hydrogen (secondary N) is 1. The van der Waals surface area contributed by atoms with E-state index in [1.165, 1.54) is 51.7 Å². The molecule has 0 atom stereocenters. The van der Waals surface area contributed by atoms with Gasteiger partial charge in [-0.15, -0.1) is 0 Å². The number of hydrogen-bond acceptors (Lipinski definition) is 8. The topological polar surface area (TPSA) is 168 Å². The van der Waals surface area contributed by atoms with Crippen molar-refractivity contribution in [2.24, 2.45) is 0 Å². The summed E-state index contributed by atoms with van der Waals surface area (Å²) in [5.74, 6) is -0.586. The first kappa shape index (κ1) is 22.4. The number of non-ortho nitro benzene ring substituents is 2. The molecular weight excluding hydrogens is 448 g/mol. The second-order valence-corrected chi connectivity index (χ2v) is 7.44. The van der Waals surface area contributed by atoms with E-state index in [1.807, 2.05) is 0 Å². The number of hydrogen-bond donors (Lipinski definition) is 1. The van der Waals surface area contributed by atoms with Crippen LogP contribution in [0, 0.1) is 27.2 Å². The highest BCUT2D eigenvalue weighted by Gasteiger charge is 2.16. The van der Waals surface area contributed by atoms with Gasteiger partial charge in [0.05, 0.1) is 32.8 Å². The fourth-order valence-corrected chi connectivity index (χ4v) is 3.48. The van der Waals surface area contributed by atoms with Crippen LogP contribution in [0.25, 0.3) is 16.8 Å². The van der Waals surface area contributed by atoms with Gasteiger partial charge in [-0.2, -0.15) is 5.10 Å². The Kier molecular flexibility index (Phi) is 5.91. The molecule has 13 nitrogen and oxygen atoms in total. The zero-order chi connectivity index (χ0) is 24.4. The Hall–Kier alpha value is -4.81. The summed E-state index contributed by atoms with van der Waals surface area (Å²) in [6, 6.07) is 11.3. The number of rotatable bonds is 8. The van der Waals surface area contributed by atoms with Crippen LogP contribution in [-0.2, 0) is 11.3 Å². The van der Waals surface area contributed by atoms with Crippen molar-refractivity contribution in [3.05, 3.63) is 85.0 Å². The zero-order valence-electron chi connectivity index (χ0n) is 17.8. The first-order valence-corrected chi connectivity index (χ1v) is 10.1. The third kappa shape index (κ3) is 4.53. The summed E-state index contributed by atoms with van der Waals surface area (Å²) in [5, 5.41) is 28.8. The van der Waals surface area contributed by atoms with Gasteiger partial charge in [-0.1, -0.05) is 0 Å². The molecule has 0 saturated carbocycles. The molecule has 0 saturated heterocycles. The lowest BCUT2D eigenvalue weighted by atomic mass is 10.2. The summed E-state index contributed by atoms with van der Waals surface area (Å²) in [6.07, 6.45) is 0.387. The molecule has 1 amide bonds. The summed E-state index contributed by atoms with van der Waals surface area (Å²) in [5.41, 5.74) is 1.44. The van der Waals surface area contributed by atoms with Crippen LogP contribution in [0.2, 0.25) is 0 Å². The van der Waals surface area contributed by atoms with Crippen molar-refractivity contribution in [2.45, 2.75) is 26.3 Å². The molecule has 0 radical (unpaired) electrons. The van der Waals surface area contributed by atoms with Gasteiger partial charge < -0.3 is 9.73 Å². The van der Waals surface area contributed by atoms with Crippen molar-refractivity contribution in [3.63, 3.8) is 0 Å². The highest BCUT2D eigenvalue weighted by molar-refractivity contribution is 5.90. The van der Waals surface area contributed by atoms with Gasteiger partial charge in [-0.3, -0.25) is 29.6 Å². The van der Waals surface area contributed by atoms with Gasteiger partial charge in [0.1, 0.15) is 5.82 Å². The zero-order valence-corrected chi connectivity index (χ0v) is 17.8. The maximum atomic E-state index is 12.5. The molecule has 34 heavy (non-hydrogen) atoms. The highest BCUT2D eigenvalue weighted by Crippen LogP contribution is 2.22. The van der Waals surface area contributed by atoms with E-state index in [0.717, 1.165) is 0 Å². The lowest BCUT2D eigenvalue weighted by Gasteiger charge is -2.09. The average Bonchev–Trinajstić information content (AvgIpc) is 3.31. The van der Waals surface area contributed by atoms with Crippen molar-refractivity contribution >= 4 is 34.2 Å². The number of carbonyl (C=O) groups is 1. The molecule has 0 aliphatic carbocycles. The van der Waals surface area contributed by atoms with Crippen LogP contribution in [0.4, 0.5) is 17.2 Å². The lowest BCUT2D eigenvalue weighted by Crippen LogP contribution is -2.18. The summed E-state index contributed by atoms with van der Waals surface area (Å²) in [4.78, 5) is 45.3. The average molecular weight is 466 g/mol. The van der Waals surface area contributed by atoms with Crippen molar-refractivity contribution < 1.29 is 19.1 Å². The van der Waals surface area contributed by atoms with Gasteiger partial charge in [-0.05, 0) is 31.5 Å². The first-order valence-electron chi connectivity index (χ1n) is 10.1. The molecule has 4 aromatic rings. The van der Waals surface area contributed by atoms with Gasteiger partial charge in [0.15, 0.2) is 5.58 Å². The molecular formula is C21H18N6O7. The third-order valence-corrected chi connectivity index (χ3v) is 5.05. The molecule has 2 aromatic carbocycles. The number of aromatic nitrogens is 3. The molecule has 0 aliphatic rings. The number of amides is 1. The van der Waals surface area contributed by atoms with E-state index in [2.05, 4.69) is 10.4 Å². The monoisotopic (exact) mass is 466 g/mol. The van der Waals surface area contributed by atoms with Crippen LogP contribution in [0.3, 0.4) is 0 Å². The fourth-order valence-electron chi connectivity index (χ4n) is 3.48. The fraction of sp³-hybridized carbons (Fsp3) is 0.190. The van der Waals surface area contributed by atoms with Crippen LogP contribution in [0.15, 0.2) is 57.7 Å². The number of carbonyl (C=O) groups excluding carboxylic acids is 1. The summed E-state index contributed by atoms with van der Waals surface area (Å²) in [7, 11) is 0. The Balaban J connectivity index is 1.43. The van der Waals surface area contributed by atoms with Gasteiger partial charge in [0.2, 0.25) is 5.91 Å². The van der Waals surface area contributed by atoms with Gasteiger partial charge in [0, 0.05) is 37.2 Å².